The van der Waals surface area contributed by atoms with Crippen LogP contribution < -0.4 is 4.90 Å². The fourth-order valence-corrected chi connectivity index (χ4v) is 2.01. The van der Waals surface area contributed by atoms with Crippen LogP contribution in [0.1, 0.15) is 32.3 Å². The minimum absolute atomic E-state index is 0.0250. The lowest BCUT2D eigenvalue weighted by Crippen LogP contribution is -2.32. The highest BCUT2D eigenvalue weighted by Gasteiger charge is 2.18. The molecule has 1 N–H and O–H groups in total. The molecule has 0 bridgehead atoms. The van der Waals surface area contributed by atoms with Gasteiger partial charge in [-0.1, -0.05) is 24.6 Å². The summed E-state index contributed by atoms with van der Waals surface area (Å²) in [4.78, 5) is 24.5. The number of carboxylic acids is 1. The summed E-state index contributed by atoms with van der Waals surface area (Å²) >= 11 is 0. The molecule has 1 aromatic rings. The van der Waals surface area contributed by atoms with Crippen LogP contribution in [0.4, 0.5) is 5.69 Å². The Morgan fingerprint density at radius 2 is 1.79 bits per heavy atom. The number of benzene rings is 1. The van der Waals surface area contributed by atoms with Gasteiger partial charge in [0, 0.05) is 25.1 Å². The van der Waals surface area contributed by atoms with Gasteiger partial charge in [0.1, 0.15) is 0 Å². The van der Waals surface area contributed by atoms with Gasteiger partial charge in [-0.15, -0.1) is 0 Å². The lowest BCUT2D eigenvalue weighted by molar-refractivity contribution is -0.138. The van der Waals surface area contributed by atoms with E-state index in [1.807, 2.05) is 38.1 Å². The smallest absolute Gasteiger partial charge is 0.303 e. The molecule has 0 saturated heterocycles. The fraction of sp³-hybridized carbons (Fsp3) is 0.467. The Morgan fingerprint density at radius 1 is 1.21 bits per heavy atom. The SMILES string of the molecule is CCN(C(=O)CC(C)CC(=O)O)c1ccc(C)cc1. The van der Waals surface area contributed by atoms with Crippen molar-refractivity contribution in [3.63, 3.8) is 0 Å². The summed E-state index contributed by atoms with van der Waals surface area (Å²) in [5.74, 6) is -1.04. The summed E-state index contributed by atoms with van der Waals surface area (Å²) in [6.45, 7) is 6.28. The van der Waals surface area contributed by atoms with Crippen LogP contribution in [0.2, 0.25) is 0 Å². The molecule has 0 aliphatic carbocycles. The van der Waals surface area contributed by atoms with Gasteiger partial charge in [-0.2, -0.15) is 0 Å². The number of hydrogen-bond acceptors (Lipinski definition) is 2. The number of amides is 1. The third-order valence-electron chi connectivity index (χ3n) is 3.01. The average molecular weight is 263 g/mol. The Balaban J connectivity index is 2.71. The van der Waals surface area contributed by atoms with Crippen LogP contribution in [0, 0.1) is 12.8 Å². The van der Waals surface area contributed by atoms with Crippen LogP contribution in [-0.4, -0.2) is 23.5 Å². The maximum Gasteiger partial charge on any atom is 0.303 e. The zero-order valence-corrected chi connectivity index (χ0v) is 11.7. The zero-order valence-electron chi connectivity index (χ0n) is 11.7. The van der Waals surface area contributed by atoms with Gasteiger partial charge in [0.15, 0.2) is 0 Å². The van der Waals surface area contributed by atoms with Crippen molar-refractivity contribution in [3.8, 4) is 0 Å². The molecule has 0 fully saturated rings. The third-order valence-corrected chi connectivity index (χ3v) is 3.01. The predicted octanol–water partition coefficient (Wildman–Crippen LogP) is 2.85. The maximum atomic E-state index is 12.2. The Bertz CT molecular complexity index is 439. The monoisotopic (exact) mass is 263 g/mol. The lowest BCUT2D eigenvalue weighted by Gasteiger charge is -2.22. The molecular formula is C15H21NO3. The summed E-state index contributed by atoms with van der Waals surface area (Å²) in [6, 6.07) is 7.76. The predicted molar refractivity (Wildman–Crippen MR) is 75.2 cm³/mol. The number of aryl methyl sites for hydroxylation is 1. The van der Waals surface area contributed by atoms with Crippen LogP contribution in [-0.2, 0) is 9.59 Å². The summed E-state index contributed by atoms with van der Waals surface area (Å²) < 4.78 is 0. The normalized spacial score (nSPS) is 11.9. The molecule has 1 aromatic carbocycles. The first-order chi connectivity index (χ1) is 8.93. The molecule has 0 aliphatic rings. The van der Waals surface area contributed by atoms with Gasteiger partial charge in [0.2, 0.25) is 5.91 Å². The minimum Gasteiger partial charge on any atom is -0.481 e. The molecule has 1 rings (SSSR count). The van der Waals surface area contributed by atoms with Gasteiger partial charge in [0.05, 0.1) is 0 Å². The van der Waals surface area contributed by atoms with Crippen LogP contribution in [0.25, 0.3) is 0 Å². The molecule has 1 unspecified atom stereocenters. The number of carbonyl (C=O) groups is 2. The molecule has 4 heteroatoms. The number of anilines is 1. The molecular weight excluding hydrogens is 242 g/mol. The lowest BCUT2D eigenvalue weighted by atomic mass is 10.0. The van der Waals surface area contributed by atoms with E-state index in [0.717, 1.165) is 11.3 Å². The Kier molecular flexibility index (Phi) is 5.55. The molecule has 19 heavy (non-hydrogen) atoms. The molecule has 0 saturated carbocycles. The second-order valence-corrected chi connectivity index (χ2v) is 4.88. The van der Waals surface area contributed by atoms with Crippen LogP contribution in [0.15, 0.2) is 24.3 Å². The van der Waals surface area contributed by atoms with Gasteiger partial charge in [0.25, 0.3) is 0 Å². The van der Waals surface area contributed by atoms with E-state index in [1.165, 1.54) is 0 Å². The van der Waals surface area contributed by atoms with E-state index in [4.69, 9.17) is 5.11 Å². The first-order valence-electron chi connectivity index (χ1n) is 6.52. The second kappa shape index (κ2) is 6.92. The van der Waals surface area contributed by atoms with Crippen molar-refractivity contribution in [1.29, 1.82) is 0 Å². The van der Waals surface area contributed by atoms with Gasteiger partial charge in [-0.3, -0.25) is 9.59 Å². The average Bonchev–Trinajstić information content (AvgIpc) is 2.31. The molecule has 0 radical (unpaired) electrons. The number of nitrogens with zero attached hydrogens (tertiary/aromatic N) is 1. The Hall–Kier alpha value is -1.84. The third kappa shape index (κ3) is 4.73. The van der Waals surface area contributed by atoms with Crippen molar-refractivity contribution in [2.45, 2.75) is 33.6 Å². The molecule has 1 atom stereocenters. The van der Waals surface area contributed by atoms with Gasteiger partial charge in [-0.05, 0) is 31.9 Å². The van der Waals surface area contributed by atoms with Crippen molar-refractivity contribution in [1.82, 2.24) is 0 Å². The summed E-state index contributed by atoms with van der Waals surface area (Å²) in [5, 5.41) is 8.72. The van der Waals surface area contributed by atoms with Crippen LogP contribution in [0.5, 0.6) is 0 Å². The molecule has 0 aromatic heterocycles. The van der Waals surface area contributed by atoms with Crippen molar-refractivity contribution in [2.24, 2.45) is 5.92 Å². The zero-order chi connectivity index (χ0) is 14.4. The molecule has 4 nitrogen and oxygen atoms in total. The highest BCUT2D eigenvalue weighted by atomic mass is 16.4. The van der Waals surface area contributed by atoms with E-state index in [9.17, 15) is 9.59 Å². The standard InChI is InChI=1S/C15H21NO3/c1-4-16(13-7-5-11(2)6-8-13)14(17)9-12(3)10-15(18)19/h5-8,12H,4,9-10H2,1-3H3,(H,18,19). The van der Waals surface area contributed by atoms with E-state index >= 15 is 0 Å². The number of rotatable bonds is 6. The molecule has 0 aliphatic heterocycles. The summed E-state index contributed by atoms with van der Waals surface area (Å²) in [7, 11) is 0. The summed E-state index contributed by atoms with van der Waals surface area (Å²) in [5.41, 5.74) is 2.01. The van der Waals surface area contributed by atoms with Gasteiger partial charge >= 0.3 is 5.97 Å². The van der Waals surface area contributed by atoms with Crippen molar-refractivity contribution in [2.75, 3.05) is 11.4 Å². The fourth-order valence-electron chi connectivity index (χ4n) is 2.01. The number of aliphatic carboxylic acids is 1. The molecule has 0 heterocycles. The van der Waals surface area contributed by atoms with Crippen molar-refractivity contribution >= 4 is 17.6 Å². The van der Waals surface area contributed by atoms with Crippen LogP contribution in [0.3, 0.4) is 0 Å². The van der Waals surface area contributed by atoms with E-state index < -0.39 is 5.97 Å². The minimum atomic E-state index is -0.862. The van der Waals surface area contributed by atoms with Crippen LogP contribution >= 0.6 is 0 Å². The number of hydrogen-bond donors (Lipinski definition) is 1. The maximum absolute atomic E-state index is 12.2. The number of carbonyl (C=O) groups excluding carboxylic acids is 1. The summed E-state index contributed by atoms with van der Waals surface area (Å²) in [6.07, 6.45) is 0.283. The molecule has 1 amide bonds. The first-order valence-corrected chi connectivity index (χ1v) is 6.52. The molecule has 0 spiro atoms. The number of carboxylic acid groups (broad SMARTS) is 1. The van der Waals surface area contributed by atoms with E-state index in [1.54, 1.807) is 11.8 Å². The second-order valence-electron chi connectivity index (χ2n) is 4.88. The first kappa shape index (κ1) is 15.2. The topological polar surface area (TPSA) is 57.6 Å². The van der Waals surface area contributed by atoms with Crippen molar-refractivity contribution in [3.05, 3.63) is 29.8 Å². The molecule has 104 valence electrons. The highest BCUT2D eigenvalue weighted by molar-refractivity contribution is 5.93. The Morgan fingerprint density at radius 3 is 2.26 bits per heavy atom. The van der Waals surface area contributed by atoms with E-state index in [0.29, 0.717) is 6.54 Å². The largest absolute Gasteiger partial charge is 0.481 e. The highest BCUT2D eigenvalue weighted by Crippen LogP contribution is 2.18. The van der Waals surface area contributed by atoms with E-state index in [2.05, 4.69) is 0 Å². The van der Waals surface area contributed by atoms with Gasteiger partial charge < -0.3 is 10.0 Å². The Labute approximate surface area is 114 Å². The quantitative estimate of drug-likeness (QED) is 0.858. The van der Waals surface area contributed by atoms with E-state index in [-0.39, 0.29) is 24.7 Å². The van der Waals surface area contributed by atoms with Crippen molar-refractivity contribution < 1.29 is 14.7 Å². The van der Waals surface area contributed by atoms with Gasteiger partial charge in [-0.25, -0.2) is 0 Å².